The lowest BCUT2D eigenvalue weighted by atomic mass is 10.3. The number of hydrogen-bond donors (Lipinski definition) is 2. The summed E-state index contributed by atoms with van der Waals surface area (Å²) in [5.41, 5.74) is 7.06. The van der Waals surface area contributed by atoms with E-state index in [0.717, 1.165) is 12.1 Å². The molecule has 2 heterocycles. The van der Waals surface area contributed by atoms with E-state index in [1.54, 1.807) is 12.1 Å². The lowest BCUT2D eigenvalue weighted by Gasteiger charge is -2.04. The summed E-state index contributed by atoms with van der Waals surface area (Å²) in [5.74, 6) is 0.509. The van der Waals surface area contributed by atoms with Crippen LogP contribution >= 0.6 is 0 Å². The van der Waals surface area contributed by atoms with Crippen LogP contribution in [-0.2, 0) is 0 Å². The van der Waals surface area contributed by atoms with Gasteiger partial charge in [0.15, 0.2) is 5.82 Å². The normalized spacial score (nSPS) is 10.4. The van der Waals surface area contributed by atoms with Gasteiger partial charge in [0.2, 0.25) is 0 Å². The number of carbonyl (C=O) groups excluding carboxylic acids is 1. The molecular weight excluding hydrogens is 244 g/mol. The SMILES string of the molecule is CCCNC(=O)c1cnn(-c2ccc(C)nn2)c1N. The molecule has 7 nitrogen and oxygen atoms in total. The van der Waals surface area contributed by atoms with Gasteiger partial charge in [0.05, 0.1) is 11.9 Å². The topological polar surface area (TPSA) is 98.7 Å². The van der Waals surface area contributed by atoms with Gasteiger partial charge in [-0.2, -0.15) is 14.9 Å². The van der Waals surface area contributed by atoms with Crippen molar-refractivity contribution < 1.29 is 4.79 Å². The summed E-state index contributed by atoms with van der Waals surface area (Å²) in [6.45, 7) is 4.43. The van der Waals surface area contributed by atoms with E-state index in [1.165, 1.54) is 10.9 Å². The van der Waals surface area contributed by atoms with Gasteiger partial charge in [-0.05, 0) is 25.5 Å². The van der Waals surface area contributed by atoms with E-state index in [4.69, 9.17) is 5.73 Å². The number of nitrogens with zero attached hydrogens (tertiary/aromatic N) is 4. The minimum Gasteiger partial charge on any atom is -0.383 e. The molecule has 2 aromatic rings. The fourth-order valence-corrected chi connectivity index (χ4v) is 1.55. The van der Waals surface area contributed by atoms with Gasteiger partial charge in [0.25, 0.3) is 5.91 Å². The van der Waals surface area contributed by atoms with Crippen LogP contribution in [0.1, 0.15) is 29.4 Å². The number of aryl methyl sites for hydroxylation is 1. The summed E-state index contributed by atoms with van der Waals surface area (Å²) in [6.07, 6.45) is 2.30. The predicted molar refractivity (Wildman–Crippen MR) is 70.9 cm³/mol. The van der Waals surface area contributed by atoms with Crippen molar-refractivity contribution in [2.45, 2.75) is 20.3 Å². The second kappa shape index (κ2) is 5.47. The molecule has 0 aliphatic carbocycles. The lowest BCUT2D eigenvalue weighted by Crippen LogP contribution is -2.24. The molecule has 0 saturated heterocycles. The molecular formula is C12H16N6O. The van der Waals surface area contributed by atoms with Crippen molar-refractivity contribution >= 4 is 11.7 Å². The van der Waals surface area contributed by atoms with Crippen LogP contribution in [0.15, 0.2) is 18.3 Å². The number of rotatable bonds is 4. The highest BCUT2D eigenvalue weighted by atomic mass is 16.1. The summed E-state index contributed by atoms with van der Waals surface area (Å²) < 4.78 is 1.40. The van der Waals surface area contributed by atoms with Crippen LogP contribution in [0.25, 0.3) is 5.82 Å². The smallest absolute Gasteiger partial charge is 0.256 e. The number of nitrogen functional groups attached to an aromatic ring is 1. The van der Waals surface area contributed by atoms with Crippen molar-refractivity contribution in [1.29, 1.82) is 0 Å². The molecule has 100 valence electrons. The van der Waals surface area contributed by atoms with Crippen LogP contribution in [0, 0.1) is 6.92 Å². The first kappa shape index (κ1) is 13.0. The van der Waals surface area contributed by atoms with Gasteiger partial charge in [0, 0.05) is 6.54 Å². The van der Waals surface area contributed by atoms with Crippen molar-refractivity contribution in [3.05, 3.63) is 29.6 Å². The maximum atomic E-state index is 11.8. The predicted octanol–water partition coefficient (Wildman–Crippen LogP) is 0.693. The highest BCUT2D eigenvalue weighted by molar-refractivity contribution is 5.98. The molecule has 0 aromatic carbocycles. The van der Waals surface area contributed by atoms with E-state index in [-0.39, 0.29) is 11.7 Å². The third kappa shape index (κ3) is 2.70. The quantitative estimate of drug-likeness (QED) is 0.842. The first-order valence-electron chi connectivity index (χ1n) is 6.06. The third-order valence-electron chi connectivity index (χ3n) is 2.59. The highest BCUT2D eigenvalue weighted by Gasteiger charge is 2.16. The largest absolute Gasteiger partial charge is 0.383 e. The van der Waals surface area contributed by atoms with Crippen LogP contribution in [0.4, 0.5) is 5.82 Å². The maximum Gasteiger partial charge on any atom is 0.256 e. The van der Waals surface area contributed by atoms with Crippen molar-refractivity contribution in [2.75, 3.05) is 12.3 Å². The number of carbonyl (C=O) groups is 1. The van der Waals surface area contributed by atoms with E-state index in [1.807, 2.05) is 13.8 Å². The minimum atomic E-state index is -0.231. The Balaban J connectivity index is 2.27. The molecule has 0 aliphatic rings. The van der Waals surface area contributed by atoms with E-state index in [2.05, 4.69) is 20.6 Å². The molecule has 0 atom stereocenters. The van der Waals surface area contributed by atoms with Gasteiger partial charge < -0.3 is 11.1 Å². The second-order valence-corrected chi connectivity index (χ2v) is 4.14. The van der Waals surface area contributed by atoms with Crippen molar-refractivity contribution in [1.82, 2.24) is 25.3 Å². The molecule has 0 fully saturated rings. The third-order valence-corrected chi connectivity index (χ3v) is 2.59. The molecule has 0 aliphatic heterocycles. The van der Waals surface area contributed by atoms with Gasteiger partial charge in [-0.3, -0.25) is 4.79 Å². The van der Waals surface area contributed by atoms with Crippen molar-refractivity contribution in [3.63, 3.8) is 0 Å². The fourth-order valence-electron chi connectivity index (χ4n) is 1.55. The van der Waals surface area contributed by atoms with Crippen LogP contribution in [0.3, 0.4) is 0 Å². The number of amides is 1. The van der Waals surface area contributed by atoms with Gasteiger partial charge in [-0.1, -0.05) is 6.92 Å². The first-order chi connectivity index (χ1) is 9.13. The van der Waals surface area contributed by atoms with Gasteiger partial charge in [0.1, 0.15) is 11.4 Å². The van der Waals surface area contributed by atoms with Crippen LogP contribution in [0.2, 0.25) is 0 Å². The molecule has 0 radical (unpaired) electrons. The summed E-state index contributed by atoms with van der Waals surface area (Å²) in [5, 5.41) is 14.7. The van der Waals surface area contributed by atoms with Crippen LogP contribution < -0.4 is 11.1 Å². The summed E-state index contributed by atoms with van der Waals surface area (Å²) >= 11 is 0. The average Bonchev–Trinajstić information content (AvgIpc) is 2.79. The first-order valence-corrected chi connectivity index (χ1v) is 6.06. The van der Waals surface area contributed by atoms with Crippen LogP contribution in [-0.4, -0.2) is 32.4 Å². The Labute approximate surface area is 110 Å². The zero-order valence-corrected chi connectivity index (χ0v) is 10.9. The molecule has 2 aromatic heterocycles. The number of hydrogen-bond acceptors (Lipinski definition) is 5. The van der Waals surface area contributed by atoms with Crippen molar-refractivity contribution in [2.24, 2.45) is 0 Å². The molecule has 3 N–H and O–H groups in total. The maximum absolute atomic E-state index is 11.8. The Bertz CT molecular complexity index is 574. The van der Waals surface area contributed by atoms with Gasteiger partial charge >= 0.3 is 0 Å². The zero-order valence-electron chi connectivity index (χ0n) is 10.9. The molecule has 0 saturated carbocycles. The lowest BCUT2D eigenvalue weighted by molar-refractivity contribution is 0.0954. The molecule has 19 heavy (non-hydrogen) atoms. The molecule has 0 bridgehead atoms. The number of nitrogens with two attached hydrogens (primary N) is 1. The summed E-state index contributed by atoms with van der Waals surface area (Å²) in [6, 6.07) is 3.56. The minimum absolute atomic E-state index is 0.231. The van der Waals surface area contributed by atoms with Crippen molar-refractivity contribution in [3.8, 4) is 5.82 Å². The summed E-state index contributed by atoms with van der Waals surface area (Å²) in [4.78, 5) is 11.8. The number of anilines is 1. The second-order valence-electron chi connectivity index (χ2n) is 4.14. The molecule has 1 amide bonds. The molecule has 0 unspecified atom stereocenters. The Morgan fingerprint density at radius 1 is 1.42 bits per heavy atom. The van der Waals surface area contributed by atoms with E-state index in [0.29, 0.717) is 17.9 Å². The zero-order chi connectivity index (χ0) is 13.8. The molecule has 0 spiro atoms. The Kier molecular flexibility index (Phi) is 3.74. The Morgan fingerprint density at radius 3 is 2.84 bits per heavy atom. The van der Waals surface area contributed by atoms with E-state index in [9.17, 15) is 4.79 Å². The fraction of sp³-hybridized carbons (Fsp3) is 0.333. The monoisotopic (exact) mass is 260 g/mol. The van der Waals surface area contributed by atoms with Gasteiger partial charge in [-0.25, -0.2) is 0 Å². The van der Waals surface area contributed by atoms with E-state index < -0.39 is 0 Å². The molecule has 7 heteroatoms. The number of aromatic nitrogens is 4. The highest BCUT2D eigenvalue weighted by Crippen LogP contribution is 2.15. The Morgan fingerprint density at radius 2 is 2.21 bits per heavy atom. The molecule has 2 rings (SSSR count). The Hall–Kier alpha value is -2.44. The number of nitrogens with one attached hydrogen (secondary N) is 1. The standard InChI is InChI=1S/C12H16N6O/c1-3-6-14-12(19)9-7-15-18(11(9)13)10-5-4-8(2)16-17-10/h4-5,7H,3,6,13H2,1-2H3,(H,14,19). The summed E-state index contributed by atoms with van der Waals surface area (Å²) in [7, 11) is 0. The van der Waals surface area contributed by atoms with E-state index >= 15 is 0 Å². The van der Waals surface area contributed by atoms with Gasteiger partial charge in [-0.15, -0.1) is 5.10 Å². The average molecular weight is 260 g/mol. The van der Waals surface area contributed by atoms with Crippen LogP contribution in [0.5, 0.6) is 0 Å².